The fraction of sp³-hybridized carbons (Fsp3) is 0.857. The Morgan fingerprint density at radius 2 is 2.00 bits per heavy atom. The number of rotatable bonds is 2. The lowest BCUT2D eigenvalue weighted by Gasteiger charge is -2.45. The van der Waals surface area contributed by atoms with E-state index in [0.717, 1.165) is 38.8 Å². The van der Waals surface area contributed by atoms with Gasteiger partial charge in [0, 0.05) is 13.2 Å². The monoisotopic (exact) mass is 266 g/mol. The Hall–Kier alpha value is -1.10. The molecule has 3 saturated heterocycles. The lowest BCUT2D eigenvalue weighted by molar-refractivity contribution is -0.163. The van der Waals surface area contributed by atoms with E-state index in [0.29, 0.717) is 0 Å². The van der Waals surface area contributed by atoms with Gasteiger partial charge in [-0.05, 0) is 39.5 Å². The number of piperazine rings is 1. The molecule has 0 bridgehead atoms. The lowest BCUT2D eigenvalue weighted by atomic mass is 10.00. The van der Waals surface area contributed by atoms with Gasteiger partial charge in [-0.3, -0.25) is 9.59 Å². The van der Waals surface area contributed by atoms with E-state index in [4.69, 9.17) is 4.74 Å². The number of fused-ring (bicyclic) bond motifs is 1. The number of amides is 2. The van der Waals surface area contributed by atoms with Crippen molar-refractivity contribution in [2.75, 3.05) is 13.2 Å². The summed E-state index contributed by atoms with van der Waals surface area (Å²) in [7, 11) is 0. The number of carbonyl (C=O) groups is 2. The molecule has 3 rings (SSSR count). The number of ether oxygens (including phenoxy) is 1. The van der Waals surface area contributed by atoms with Crippen LogP contribution in [0.15, 0.2) is 0 Å². The molecule has 3 aliphatic heterocycles. The molecule has 0 aromatic rings. The second-order valence-electron chi connectivity index (χ2n) is 5.90. The average Bonchev–Trinajstić information content (AvgIpc) is 3.07. The van der Waals surface area contributed by atoms with E-state index in [1.807, 2.05) is 13.8 Å². The quantitative estimate of drug-likeness (QED) is 0.742. The first kappa shape index (κ1) is 12.9. The summed E-state index contributed by atoms with van der Waals surface area (Å²) in [4.78, 5) is 28.6. The minimum atomic E-state index is -0.346. The van der Waals surface area contributed by atoms with Crippen molar-refractivity contribution < 1.29 is 14.3 Å². The maximum Gasteiger partial charge on any atom is 0.246 e. The topological polar surface area (TPSA) is 49.9 Å². The molecule has 4 atom stereocenters. The van der Waals surface area contributed by atoms with Crippen LogP contribution in [0.5, 0.6) is 0 Å². The molecule has 19 heavy (non-hydrogen) atoms. The van der Waals surface area contributed by atoms with Gasteiger partial charge in [-0.2, -0.15) is 0 Å². The van der Waals surface area contributed by atoms with E-state index >= 15 is 0 Å². The zero-order chi connectivity index (χ0) is 13.6. The third-order valence-electron chi connectivity index (χ3n) is 4.79. The fourth-order valence-electron chi connectivity index (χ4n) is 3.72. The summed E-state index contributed by atoms with van der Waals surface area (Å²) in [5, 5.41) is 0. The molecule has 0 saturated carbocycles. The minimum Gasteiger partial charge on any atom is -0.376 e. The normalized spacial score (nSPS) is 36.8. The Balaban J connectivity index is 1.82. The standard InChI is InChI=1S/C14H22N2O3/c1-9(12-6-4-8-19-12)16-10(2)13(17)15-7-3-5-11(15)14(16)18/h9-12H,3-8H2,1-2H3. The molecule has 0 N–H and O–H groups in total. The number of hydrogen-bond donors (Lipinski definition) is 0. The van der Waals surface area contributed by atoms with Crippen LogP contribution in [0.3, 0.4) is 0 Å². The summed E-state index contributed by atoms with van der Waals surface area (Å²) in [5.74, 6) is 0.222. The zero-order valence-corrected chi connectivity index (χ0v) is 11.7. The molecule has 2 amide bonds. The Kier molecular flexibility index (Phi) is 3.25. The summed E-state index contributed by atoms with van der Waals surface area (Å²) in [5.41, 5.74) is 0. The molecule has 4 unspecified atom stereocenters. The van der Waals surface area contributed by atoms with E-state index in [-0.39, 0.29) is 36.0 Å². The van der Waals surface area contributed by atoms with E-state index in [2.05, 4.69) is 0 Å². The van der Waals surface area contributed by atoms with Crippen LogP contribution in [-0.2, 0) is 14.3 Å². The predicted molar refractivity (Wildman–Crippen MR) is 69.5 cm³/mol. The van der Waals surface area contributed by atoms with E-state index in [1.165, 1.54) is 0 Å². The van der Waals surface area contributed by atoms with Crippen molar-refractivity contribution in [3.63, 3.8) is 0 Å². The second-order valence-corrected chi connectivity index (χ2v) is 5.90. The Morgan fingerprint density at radius 1 is 1.21 bits per heavy atom. The molecule has 0 radical (unpaired) electrons. The van der Waals surface area contributed by atoms with Crippen LogP contribution in [0.1, 0.15) is 39.5 Å². The molecular weight excluding hydrogens is 244 g/mol. The second kappa shape index (κ2) is 4.78. The molecule has 5 nitrogen and oxygen atoms in total. The number of carbonyl (C=O) groups excluding carboxylic acids is 2. The highest BCUT2D eigenvalue weighted by molar-refractivity contribution is 5.97. The van der Waals surface area contributed by atoms with Crippen molar-refractivity contribution in [3.8, 4) is 0 Å². The molecule has 5 heteroatoms. The van der Waals surface area contributed by atoms with Crippen molar-refractivity contribution in [2.45, 2.75) is 63.8 Å². The molecule has 3 aliphatic rings. The molecule has 0 aromatic heterocycles. The predicted octanol–water partition coefficient (Wildman–Crippen LogP) is 0.776. The summed E-state index contributed by atoms with van der Waals surface area (Å²) in [6.07, 6.45) is 3.88. The van der Waals surface area contributed by atoms with E-state index in [1.54, 1.807) is 9.80 Å². The summed E-state index contributed by atoms with van der Waals surface area (Å²) >= 11 is 0. The summed E-state index contributed by atoms with van der Waals surface area (Å²) < 4.78 is 5.69. The largest absolute Gasteiger partial charge is 0.376 e. The van der Waals surface area contributed by atoms with Crippen LogP contribution in [0.25, 0.3) is 0 Å². The number of hydrogen-bond acceptors (Lipinski definition) is 3. The first-order chi connectivity index (χ1) is 9.11. The van der Waals surface area contributed by atoms with Gasteiger partial charge in [-0.25, -0.2) is 0 Å². The molecule has 0 aromatic carbocycles. The highest BCUT2D eigenvalue weighted by Crippen LogP contribution is 2.30. The zero-order valence-electron chi connectivity index (χ0n) is 11.7. The van der Waals surface area contributed by atoms with Gasteiger partial charge < -0.3 is 14.5 Å². The minimum absolute atomic E-state index is 0.00306. The van der Waals surface area contributed by atoms with Gasteiger partial charge in [0.25, 0.3) is 0 Å². The average molecular weight is 266 g/mol. The van der Waals surface area contributed by atoms with Gasteiger partial charge in [0.05, 0.1) is 12.1 Å². The maximum absolute atomic E-state index is 12.6. The first-order valence-corrected chi connectivity index (χ1v) is 7.35. The Labute approximate surface area is 113 Å². The van der Waals surface area contributed by atoms with Gasteiger partial charge in [0.1, 0.15) is 12.1 Å². The van der Waals surface area contributed by atoms with Gasteiger partial charge >= 0.3 is 0 Å². The van der Waals surface area contributed by atoms with Crippen molar-refractivity contribution in [2.24, 2.45) is 0 Å². The third kappa shape index (κ3) is 1.95. The first-order valence-electron chi connectivity index (χ1n) is 7.35. The van der Waals surface area contributed by atoms with Crippen molar-refractivity contribution in [1.29, 1.82) is 0 Å². The molecule has 3 fully saturated rings. The van der Waals surface area contributed by atoms with E-state index in [9.17, 15) is 9.59 Å². The number of nitrogens with zero attached hydrogens (tertiary/aromatic N) is 2. The molecule has 3 heterocycles. The molecular formula is C14H22N2O3. The summed E-state index contributed by atoms with van der Waals surface area (Å²) in [6.45, 7) is 5.37. The Morgan fingerprint density at radius 3 is 2.68 bits per heavy atom. The van der Waals surface area contributed by atoms with Crippen LogP contribution in [0.2, 0.25) is 0 Å². The van der Waals surface area contributed by atoms with Crippen LogP contribution in [0, 0.1) is 0 Å². The lowest BCUT2D eigenvalue weighted by Crippen LogP contribution is -2.65. The summed E-state index contributed by atoms with van der Waals surface area (Å²) in [6, 6.07) is -0.565. The van der Waals surface area contributed by atoms with Crippen LogP contribution in [0.4, 0.5) is 0 Å². The van der Waals surface area contributed by atoms with Crippen molar-refractivity contribution in [3.05, 3.63) is 0 Å². The van der Waals surface area contributed by atoms with E-state index < -0.39 is 0 Å². The molecule has 0 aliphatic carbocycles. The smallest absolute Gasteiger partial charge is 0.246 e. The van der Waals surface area contributed by atoms with Gasteiger partial charge in [-0.15, -0.1) is 0 Å². The van der Waals surface area contributed by atoms with Crippen LogP contribution < -0.4 is 0 Å². The van der Waals surface area contributed by atoms with Gasteiger partial charge in [0.2, 0.25) is 11.8 Å². The van der Waals surface area contributed by atoms with Crippen molar-refractivity contribution >= 4 is 11.8 Å². The highest BCUT2D eigenvalue weighted by atomic mass is 16.5. The van der Waals surface area contributed by atoms with Gasteiger partial charge in [0.15, 0.2) is 0 Å². The Bertz CT molecular complexity index is 392. The fourth-order valence-corrected chi connectivity index (χ4v) is 3.72. The van der Waals surface area contributed by atoms with Crippen molar-refractivity contribution in [1.82, 2.24) is 9.80 Å². The third-order valence-corrected chi connectivity index (χ3v) is 4.79. The van der Waals surface area contributed by atoms with Crippen LogP contribution >= 0.6 is 0 Å². The van der Waals surface area contributed by atoms with Crippen LogP contribution in [-0.4, -0.2) is 59.0 Å². The molecule has 106 valence electrons. The molecule has 0 spiro atoms. The SMILES string of the molecule is CC1C(=O)N2CCCC2C(=O)N1C(C)C1CCCO1. The maximum atomic E-state index is 12.6. The van der Waals surface area contributed by atoms with Gasteiger partial charge in [-0.1, -0.05) is 0 Å². The highest BCUT2D eigenvalue weighted by Gasteiger charge is 2.48.